The quantitative estimate of drug-likeness (QED) is 0.765. The Kier molecular flexibility index (Phi) is 4.57. The number of hydrogen-bond acceptors (Lipinski definition) is 3. The molecule has 0 fully saturated rings. The van der Waals surface area contributed by atoms with E-state index in [0.717, 1.165) is 0 Å². The third kappa shape index (κ3) is 3.90. The highest BCUT2D eigenvalue weighted by Gasteiger charge is 2.38. The van der Waals surface area contributed by atoms with E-state index in [1.807, 2.05) is 12.1 Å². The van der Waals surface area contributed by atoms with Crippen LogP contribution in [-0.2, 0) is 4.79 Å². The van der Waals surface area contributed by atoms with Gasteiger partial charge >= 0.3 is 18.2 Å². The molecule has 0 bridgehead atoms. The van der Waals surface area contributed by atoms with Gasteiger partial charge in [0.15, 0.2) is 5.75 Å². The van der Waals surface area contributed by atoms with Gasteiger partial charge in [-0.05, 0) is 12.1 Å². The summed E-state index contributed by atoms with van der Waals surface area (Å²) in [5.41, 5.74) is 5.83. The lowest BCUT2D eigenvalue weighted by Gasteiger charge is -2.21. The van der Waals surface area contributed by atoms with Gasteiger partial charge in [0.2, 0.25) is 0 Å². The van der Waals surface area contributed by atoms with Gasteiger partial charge in [0.1, 0.15) is 6.26 Å². The molecule has 6 nitrogen and oxygen atoms in total. The molecule has 20 heavy (non-hydrogen) atoms. The Bertz CT molecular complexity index is 543. The molecular weight excluding hydrogens is 281 g/mol. The maximum atomic E-state index is 11.0. The summed E-state index contributed by atoms with van der Waals surface area (Å²) < 4.78 is 36.9. The number of rotatable bonds is 0. The number of halogens is 3. The number of para-hydroxylation sites is 2. The molecule has 0 spiro atoms. The van der Waals surface area contributed by atoms with E-state index in [9.17, 15) is 18.0 Å². The molecule has 9 heteroatoms. The van der Waals surface area contributed by atoms with Gasteiger partial charge in [-0.3, -0.25) is 4.90 Å². The van der Waals surface area contributed by atoms with Crippen molar-refractivity contribution in [2.45, 2.75) is 6.18 Å². The first-order valence-corrected chi connectivity index (χ1v) is 5.04. The summed E-state index contributed by atoms with van der Waals surface area (Å²) >= 11 is 0. The SMILES string of the molecule is NC(=O)N1C=COc2ccccc21.O=C(O)C(F)(F)F. The summed E-state index contributed by atoms with van der Waals surface area (Å²) in [4.78, 5) is 21.2. The van der Waals surface area contributed by atoms with Gasteiger partial charge in [0, 0.05) is 6.20 Å². The number of benzene rings is 1. The van der Waals surface area contributed by atoms with Crippen molar-refractivity contribution in [2.24, 2.45) is 5.73 Å². The highest BCUT2D eigenvalue weighted by Crippen LogP contribution is 2.30. The molecule has 2 amide bonds. The van der Waals surface area contributed by atoms with Crippen LogP contribution in [0.1, 0.15) is 0 Å². The lowest BCUT2D eigenvalue weighted by molar-refractivity contribution is -0.192. The highest BCUT2D eigenvalue weighted by molar-refractivity contribution is 5.94. The molecule has 3 N–H and O–H groups in total. The number of urea groups is 1. The Morgan fingerprint density at radius 3 is 2.30 bits per heavy atom. The van der Waals surface area contributed by atoms with Gasteiger partial charge in [-0.2, -0.15) is 13.2 Å². The van der Waals surface area contributed by atoms with Gasteiger partial charge < -0.3 is 15.6 Å². The molecule has 0 aromatic heterocycles. The van der Waals surface area contributed by atoms with Crippen LogP contribution in [0.4, 0.5) is 23.7 Å². The molecule has 1 aromatic carbocycles. The number of aliphatic carboxylic acids is 1. The van der Waals surface area contributed by atoms with Crippen molar-refractivity contribution in [1.82, 2.24) is 0 Å². The Labute approximate surface area is 110 Å². The Morgan fingerprint density at radius 1 is 1.25 bits per heavy atom. The van der Waals surface area contributed by atoms with E-state index in [4.69, 9.17) is 20.4 Å². The van der Waals surface area contributed by atoms with Gasteiger partial charge in [-0.1, -0.05) is 12.1 Å². The number of primary amides is 1. The number of carboxylic acid groups (broad SMARTS) is 1. The third-order valence-electron chi connectivity index (χ3n) is 2.01. The summed E-state index contributed by atoms with van der Waals surface area (Å²) in [6.07, 6.45) is -2.17. The van der Waals surface area contributed by atoms with Gasteiger partial charge in [-0.15, -0.1) is 0 Å². The van der Waals surface area contributed by atoms with E-state index >= 15 is 0 Å². The van der Waals surface area contributed by atoms with Crippen molar-refractivity contribution < 1.29 is 32.6 Å². The predicted molar refractivity (Wildman–Crippen MR) is 62.0 cm³/mol. The number of fused-ring (bicyclic) bond motifs is 1. The normalized spacial score (nSPS) is 12.7. The molecular formula is C11H9F3N2O4. The van der Waals surface area contributed by atoms with Crippen LogP contribution >= 0.6 is 0 Å². The number of anilines is 1. The molecule has 1 heterocycles. The molecule has 0 unspecified atom stereocenters. The molecule has 1 aliphatic rings. The lowest BCUT2D eigenvalue weighted by Crippen LogP contribution is -2.32. The number of ether oxygens (including phenoxy) is 1. The number of amides is 2. The summed E-state index contributed by atoms with van der Waals surface area (Å²) in [6, 6.07) is 6.67. The van der Waals surface area contributed by atoms with E-state index in [0.29, 0.717) is 11.4 Å². The number of nitrogens with zero attached hydrogens (tertiary/aromatic N) is 1. The predicted octanol–water partition coefficient (Wildman–Crippen LogP) is 2.07. The molecule has 0 aliphatic carbocycles. The zero-order chi connectivity index (χ0) is 15.3. The molecule has 2 rings (SSSR count). The number of carbonyl (C=O) groups excluding carboxylic acids is 1. The minimum absolute atomic E-state index is 0.521. The Morgan fingerprint density at radius 2 is 1.80 bits per heavy atom. The van der Waals surface area contributed by atoms with Crippen molar-refractivity contribution in [3.05, 3.63) is 36.7 Å². The number of carbonyl (C=O) groups is 2. The molecule has 1 aromatic rings. The van der Waals surface area contributed by atoms with Crippen LogP contribution in [0.15, 0.2) is 36.7 Å². The lowest BCUT2D eigenvalue weighted by atomic mass is 10.2. The molecule has 0 saturated carbocycles. The minimum Gasteiger partial charge on any atom is -0.475 e. The number of alkyl halides is 3. The largest absolute Gasteiger partial charge is 0.490 e. The second-order valence-corrected chi connectivity index (χ2v) is 3.38. The zero-order valence-electron chi connectivity index (χ0n) is 9.79. The maximum Gasteiger partial charge on any atom is 0.490 e. The van der Waals surface area contributed by atoms with Crippen LogP contribution < -0.4 is 15.4 Å². The molecule has 0 saturated heterocycles. The second kappa shape index (κ2) is 5.95. The fourth-order valence-electron chi connectivity index (χ4n) is 1.19. The minimum atomic E-state index is -5.08. The summed E-state index contributed by atoms with van der Waals surface area (Å²) in [7, 11) is 0. The van der Waals surface area contributed by atoms with Crippen LogP contribution in [0.2, 0.25) is 0 Å². The molecule has 0 atom stereocenters. The van der Waals surface area contributed by atoms with Crippen molar-refractivity contribution in [2.75, 3.05) is 4.90 Å². The maximum absolute atomic E-state index is 11.0. The van der Waals surface area contributed by atoms with E-state index in [1.165, 1.54) is 17.4 Å². The summed E-state index contributed by atoms with van der Waals surface area (Å²) in [5.74, 6) is -2.13. The number of nitrogens with two attached hydrogens (primary N) is 1. The van der Waals surface area contributed by atoms with E-state index < -0.39 is 18.2 Å². The zero-order valence-corrected chi connectivity index (χ0v) is 9.79. The van der Waals surface area contributed by atoms with Gasteiger partial charge in [-0.25, -0.2) is 9.59 Å². The van der Waals surface area contributed by atoms with Crippen molar-refractivity contribution >= 4 is 17.7 Å². The molecule has 0 radical (unpaired) electrons. The van der Waals surface area contributed by atoms with Crippen molar-refractivity contribution in [1.29, 1.82) is 0 Å². The first kappa shape index (κ1) is 15.3. The summed E-state index contributed by atoms with van der Waals surface area (Å²) in [6.45, 7) is 0. The first-order chi connectivity index (χ1) is 9.23. The first-order valence-electron chi connectivity index (χ1n) is 5.04. The van der Waals surface area contributed by atoms with E-state index in [-0.39, 0.29) is 0 Å². The van der Waals surface area contributed by atoms with Crippen LogP contribution in [0.3, 0.4) is 0 Å². The van der Waals surface area contributed by atoms with Crippen LogP contribution in [-0.4, -0.2) is 23.3 Å². The highest BCUT2D eigenvalue weighted by atomic mass is 19.4. The van der Waals surface area contributed by atoms with E-state index in [2.05, 4.69) is 0 Å². The topological polar surface area (TPSA) is 92.9 Å². The van der Waals surface area contributed by atoms with Crippen molar-refractivity contribution in [3.63, 3.8) is 0 Å². The third-order valence-corrected chi connectivity index (χ3v) is 2.01. The van der Waals surface area contributed by atoms with Crippen LogP contribution in [0, 0.1) is 0 Å². The van der Waals surface area contributed by atoms with Gasteiger partial charge in [0.25, 0.3) is 0 Å². The number of carboxylic acids is 1. The standard InChI is InChI=1S/C9H8N2O2.C2HF3O2/c10-9(12)11-5-6-13-8-4-2-1-3-7(8)11;3-2(4,5)1(6)7/h1-6H,(H2,10,12);(H,6,7). The second-order valence-electron chi connectivity index (χ2n) is 3.38. The Balaban J connectivity index is 0.000000246. The van der Waals surface area contributed by atoms with Gasteiger partial charge in [0.05, 0.1) is 5.69 Å². The molecule has 108 valence electrons. The monoisotopic (exact) mass is 290 g/mol. The molecule has 1 aliphatic heterocycles. The fourth-order valence-corrected chi connectivity index (χ4v) is 1.19. The number of hydrogen-bond donors (Lipinski definition) is 2. The fraction of sp³-hybridized carbons (Fsp3) is 0.0909. The smallest absolute Gasteiger partial charge is 0.475 e. The van der Waals surface area contributed by atoms with Crippen LogP contribution in [0.25, 0.3) is 0 Å². The van der Waals surface area contributed by atoms with Crippen molar-refractivity contribution in [3.8, 4) is 5.75 Å². The average Bonchev–Trinajstić information content (AvgIpc) is 2.37. The van der Waals surface area contributed by atoms with E-state index in [1.54, 1.807) is 12.1 Å². The summed E-state index contributed by atoms with van der Waals surface area (Å²) in [5, 5.41) is 7.12. The van der Waals surface area contributed by atoms with Crippen LogP contribution in [0.5, 0.6) is 5.75 Å². The average molecular weight is 290 g/mol. The Hall–Kier alpha value is -2.71.